The van der Waals surface area contributed by atoms with Gasteiger partial charge in [-0.1, -0.05) is 43.2 Å². The fourth-order valence-corrected chi connectivity index (χ4v) is 9.88. The van der Waals surface area contributed by atoms with E-state index in [2.05, 4.69) is 55.8 Å². The summed E-state index contributed by atoms with van der Waals surface area (Å²) in [5.74, 6) is 0.214. The van der Waals surface area contributed by atoms with Gasteiger partial charge in [0.05, 0.1) is 22.8 Å². The summed E-state index contributed by atoms with van der Waals surface area (Å²) in [6.07, 6.45) is 8.91. The molecule has 0 radical (unpaired) electrons. The summed E-state index contributed by atoms with van der Waals surface area (Å²) >= 11 is 6.25. The molecule has 1 saturated heterocycles. The normalized spacial score (nSPS) is 19.9. The summed E-state index contributed by atoms with van der Waals surface area (Å²) in [6.45, 7) is 11.4. The van der Waals surface area contributed by atoms with E-state index in [0.717, 1.165) is 98.6 Å². The van der Waals surface area contributed by atoms with Crippen molar-refractivity contribution < 1.29 is 23.1 Å². The number of hydrogen-bond acceptors (Lipinski definition) is 9. The zero-order chi connectivity index (χ0) is 41.3. The highest BCUT2D eigenvalue weighted by molar-refractivity contribution is 7.90. The molecule has 3 aliphatic rings. The molecule has 11 nitrogen and oxygen atoms in total. The zero-order valence-electron chi connectivity index (χ0n) is 33.9. The molecule has 3 heterocycles. The molecule has 1 saturated carbocycles. The predicted molar refractivity (Wildman–Crippen MR) is 235 cm³/mol. The molecule has 0 unspecified atom stereocenters. The number of pyridine rings is 1. The summed E-state index contributed by atoms with van der Waals surface area (Å²) in [7, 11) is -4.23. The Balaban J connectivity index is 0.987. The largest absolute Gasteiger partial charge is 0.455 e. The van der Waals surface area contributed by atoms with E-state index in [1.165, 1.54) is 22.8 Å². The Morgan fingerprint density at radius 2 is 1.81 bits per heavy atom. The van der Waals surface area contributed by atoms with Crippen molar-refractivity contribution in [3.05, 3.63) is 112 Å². The van der Waals surface area contributed by atoms with Gasteiger partial charge in [-0.05, 0) is 128 Å². The number of nitrogens with zero attached hydrogens (tertiary/aromatic N) is 3. The summed E-state index contributed by atoms with van der Waals surface area (Å²) < 4.78 is 35.9. The molecule has 59 heavy (non-hydrogen) atoms. The second-order valence-corrected chi connectivity index (χ2v) is 19.3. The monoisotopic (exact) mass is 836 g/mol. The molecule has 1 amide bonds. The van der Waals surface area contributed by atoms with Gasteiger partial charge >= 0.3 is 0 Å². The Bertz CT molecular complexity index is 2480. The van der Waals surface area contributed by atoms with E-state index in [4.69, 9.17) is 16.3 Å². The Hall–Kier alpha value is -4.88. The summed E-state index contributed by atoms with van der Waals surface area (Å²) in [6, 6.07) is 22.0. The number of nitrogens with one attached hydrogen (secondary N) is 3. The third-order valence-electron chi connectivity index (χ3n) is 12.2. The van der Waals surface area contributed by atoms with Crippen LogP contribution in [0.5, 0.6) is 11.5 Å². The van der Waals surface area contributed by atoms with Crippen LogP contribution in [0, 0.1) is 18.3 Å². The van der Waals surface area contributed by atoms with Crippen LogP contribution < -0.4 is 19.7 Å². The number of rotatable bonds is 12. The Morgan fingerprint density at radius 3 is 2.56 bits per heavy atom. The molecular weight excluding hydrogens is 784 g/mol. The van der Waals surface area contributed by atoms with Crippen molar-refractivity contribution in [2.75, 3.05) is 49.5 Å². The number of sulfonamides is 1. The Morgan fingerprint density at radius 1 is 1.02 bits per heavy atom. The van der Waals surface area contributed by atoms with Crippen molar-refractivity contribution >= 4 is 55.5 Å². The Labute approximate surface area is 351 Å². The van der Waals surface area contributed by atoms with Crippen LogP contribution in [0.25, 0.3) is 16.6 Å². The molecular formula is C46H53ClN6O5S. The molecule has 0 spiro atoms. The molecule has 13 heteroatoms. The van der Waals surface area contributed by atoms with Crippen LogP contribution >= 0.6 is 11.6 Å². The van der Waals surface area contributed by atoms with Crippen molar-refractivity contribution in [2.24, 2.45) is 11.3 Å². The highest BCUT2D eigenvalue weighted by Crippen LogP contribution is 2.43. The summed E-state index contributed by atoms with van der Waals surface area (Å²) in [5.41, 5.74) is 7.65. The summed E-state index contributed by atoms with van der Waals surface area (Å²) in [4.78, 5) is 26.2. The first-order chi connectivity index (χ1) is 28.3. The second-order valence-electron chi connectivity index (χ2n) is 17.2. The van der Waals surface area contributed by atoms with Gasteiger partial charge in [-0.2, -0.15) is 0 Å². The van der Waals surface area contributed by atoms with Crippen LogP contribution in [0.15, 0.2) is 95.7 Å². The van der Waals surface area contributed by atoms with Gasteiger partial charge in [0.2, 0.25) is 0 Å². The van der Waals surface area contributed by atoms with E-state index in [0.29, 0.717) is 23.9 Å². The van der Waals surface area contributed by atoms with E-state index >= 15 is 0 Å². The number of anilines is 2. The number of amides is 1. The first-order valence-corrected chi connectivity index (χ1v) is 22.4. The molecule has 2 fully saturated rings. The highest BCUT2D eigenvalue weighted by atomic mass is 35.5. The first kappa shape index (κ1) is 40.9. The van der Waals surface area contributed by atoms with E-state index in [-0.39, 0.29) is 27.7 Å². The lowest BCUT2D eigenvalue weighted by Gasteiger charge is -2.39. The van der Waals surface area contributed by atoms with Crippen molar-refractivity contribution in [3.8, 4) is 11.5 Å². The number of H-pyrrole nitrogens is 1. The van der Waals surface area contributed by atoms with E-state index in [1.54, 1.807) is 30.6 Å². The lowest BCUT2D eigenvalue weighted by molar-refractivity contribution is 0.0979. The van der Waals surface area contributed by atoms with Crippen molar-refractivity contribution in [2.45, 2.75) is 70.3 Å². The third-order valence-corrected chi connectivity index (χ3v) is 13.8. The molecule has 5 aromatic rings. The molecule has 0 bridgehead atoms. The number of piperazine rings is 1. The SMILES string of the molecule is Cc1cc(S(=O)(=O)NC(=O)c2ccc(N3CCN(CC4=C(c5ccc(Cl)cc5)CC(C)(C)CC4)CC3)cc2Oc2cnc3[nH]ccc3c2)ccc1NC[C@H]1CC[C@@H](O)C1. The number of allylic oxidation sites excluding steroid dienone is 1. The lowest BCUT2D eigenvalue weighted by atomic mass is 9.72. The standard InChI is InChI=1S/C46H53ClN6O5S/c1-30-22-39(11-13-42(30)49-27-31-4-10-37(54)23-31)59(56,57)51-45(55)40-12-9-36(25-43(40)58-38-24-33-15-17-48-44(33)50-28-38)53-20-18-52(19-21-53)29-34-14-16-46(2,3)26-41(34)32-5-7-35(47)8-6-32/h5-9,11-13,15,17,22,24-25,28,31,37,49,54H,4,10,14,16,18-21,23,26-27,29H2,1-3H3,(H,48,50)(H,51,55)/t31-,37+/m0/s1. The maximum atomic E-state index is 13.9. The first-order valence-electron chi connectivity index (χ1n) is 20.6. The lowest BCUT2D eigenvalue weighted by Crippen LogP contribution is -2.47. The van der Waals surface area contributed by atoms with Gasteiger partial charge in [0.25, 0.3) is 15.9 Å². The van der Waals surface area contributed by atoms with Crippen LogP contribution in [0.2, 0.25) is 5.02 Å². The van der Waals surface area contributed by atoms with Crippen molar-refractivity contribution in [3.63, 3.8) is 0 Å². The Kier molecular flexibility index (Phi) is 11.8. The zero-order valence-corrected chi connectivity index (χ0v) is 35.5. The number of ether oxygens (including phenoxy) is 1. The summed E-state index contributed by atoms with van der Waals surface area (Å²) in [5, 5.41) is 14.9. The number of carbonyl (C=O) groups is 1. The fraction of sp³-hybridized carbons (Fsp3) is 0.391. The number of aliphatic hydroxyl groups is 1. The molecule has 4 N–H and O–H groups in total. The molecule has 2 aliphatic carbocycles. The quantitative estimate of drug-likeness (QED) is 0.0971. The van der Waals surface area contributed by atoms with Crippen molar-refractivity contribution in [1.29, 1.82) is 0 Å². The topological polar surface area (TPSA) is 140 Å². The third kappa shape index (κ3) is 9.62. The van der Waals surface area contributed by atoms with Crippen LogP contribution in [-0.4, -0.2) is 79.7 Å². The highest BCUT2D eigenvalue weighted by Gasteiger charge is 2.30. The predicted octanol–water partition coefficient (Wildman–Crippen LogP) is 8.79. The number of aliphatic hydroxyl groups excluding tert-OH is 1. The van der Waals surface area contributed by atoms with Gasteiger partial charge in [-0.3, -0.25) is 9.69 Å². The van der Waals surface area contributed by atoms with Crippen LogP contribution in [0.3, 0.4) is 0 Å². The van der Waals surface area contributed by atoms with Crippen molar-refractivity contribution in [1.82, 2.24) is 19.6 Å². The van der Waals surface area contributed by atoms with Gasteiger partial charge in [-0.25, -0.2) is 18.1 Å². The second kappa shape index (κ2) is 17.0. The number of fused-ring (bicyclic) bond motifs is 1. The molecule has 3 aromatic carbocycles. The number of aromatic nitrogens is 2. The number of aromatic amines is 1. The maximum Gasteiger partial charge on any atom is 0.268 e. The number of aryl methyl sites for hydroxylation is 1. The van der Waals surface area contributed by atoms with Gasteiger partial charge in [-0.15, -0.1) is 0 Å². The van der Waals surface area contributed by atoms with Crippen LogP contribution in [-0.2, 0) is 10.0 Å². The molecule has 310 valence electrons. The van der Waals surface area contributed by atoms with Gasteiger partial charge < -0.3 is 25.0 Å². The fourth-order valence-electron chi connectivity index (χ4n) is 8.71. The number of benzene rings is 3. The minimum absolute atomic E-state index is 0.0164. The number of carbonyl (C=O) groups excluding carboxylic acids is 1. The molecule has 1 aliphatic heterocycles. The van der Waals surface area contributed by atoms with Gasteiger partial charge in [0, 0.05) is 73.3 Å². The average Bonchev–Trinajstić information content (AvgIpc) is 3.86. The van der Waals surface area contributed by atoms with Crippen LogP contribution in [0.4, 0.5) is 11.4 Å². The van der Waals surface area contributed by atoms with Crippen LogP contribution in [0.1, 0.15) is 73.9 Å². The number of hydrogen-bond donors (Lipinski definition) is 4. The van der Waals surface area contributed by atoms with Gasteiger partial charge in [0.1, 0.15) is 17.1 Å². The van der Waals surface area contributed by atoms with Gasteiger partial charge in [0.15, 0.2) is 0 Å². The minimum Gasteiger partial charge on any atom is -0.455 e. The van der Waals surface area contributed by atoms with E-state index in [9.17, 15) is 18.3 Å². The number of halogens is 1. The minimum atomic E-state index is -4.23. The smallest absolute Gasteiger partial charge is 0.268 e. The molecule has 8 rings (SSSR count). The molecule has 2 aromatic heterocycles. The van der Waals surface area contributed by atoms with E-state index in [1.807, 2.05) is 43.3 Å². The van der Waals surface area contributed by atoms with E-state index < -0.39 is 15.9 Å². The molecule has 2 atom stereocenters. The maximum absolute atomic E-state index is 13.9. The average molecular weight is 837 g/mol.